The lowest BCUT2D eigenvalue weighted by atomic mass is 9.92. The zero-order chi connectivity index (χ0) is 18.7. The molecule has 1 aliphatic rings. The summed E-state index contributed by atoms with van der Waals surface area (Å²) in [6.07, 6.45) is 4.44. The van der Waals surface area contributed by atoms with E-state index in [0.717, 1.165) is 24.9 Å². The third-order valence-electron chi connectivity index (χ3n) is 4.87. The number of hydrogen-bond donors (Lipinski definition) is 1. The molecule has 1 aromatic carbocycles. The second kappa shape index (κ2) is 8.42. The van der Waals surface area contributed by atoms with Crippen molar-refractivity contribution < 1.29 is 9.21 Å². The van der Waals surface area contributed by atoms with E-state index in [2.05, 4.69) is 11.9 Å². The molecule has 1 saturated heterocycles. The summed E-state index contributed by atoms with van der Waals surface area (Å²) >= 11 is 12.1. The molecule has 1 fully saturated rings. The van der Waals surface area contributed by atoms with Crippen LogP contribution in [0, 0.1) is 5.92 Å². The first-order valence-corrected chi connectivity index (χ1v) is 9.63. The van der Waals surface area contributed by atoms with Crippen LogP contribution in [-0.4, -0.2) is 34.9 Å². The van der Waals surface area contributed by atoms with Crippen molar-refractivity contribution in [2.24, 2.45) is 11.7 Å². The molecule has 7 heteroatoms. The monoisotopic (exact) mass is 395 g/mol. The molecule has 1 aliphatic heterocycles. The second-order valence-electron chi connectivity index (χ2n) is 6.85. The van der Waals surface area contributed by atoms with E-state index in [-0.39, 0.29) is 11.9 Å². The van der Waals surface area contributed by atoms with Crippen molar-refractivity contribution in [3.63, 3.8) is 0 Å². The molecule has 5 nitrogen and oxygen atoms in total. The van der Waals surface area contributed by atoms with Crippen LogP contribution in [-0.2, 0) is 11.2 Å². The van der Waals surface area contributed by atoms with Gasteiger partial charge >= 0.3 is 0 Å². The number of carbonyl (C=O) groups excluding carboxylic acids is 1. The second-order valence-corrected chi connectivity index (χ2v) is 7.69. The van der Waals surface area contributed by atoms with E-state index in [1.54, 1.807) is 24.4 Å². The fourth-order valence-corrected chi connectivity index (χ4v) is 3.90. The van der Waals surface area contributed by atoms with Gasteiger partial charge in [-0.05, 0) is 37.0 Å². The van der Waals surface area contributed by atoms with Gasteiger partial charge in [0, 0.05) is 42.6 Å². The van der Waals surface area contributed by atoms with Crippen molar-refractivity contribution in [3.05, 3.63) is 40.3 Å². The Hall–Kier alpha value is -1.56. The molecule has 1 aromatic heterocycles. The minimum absolute atomic E-state index is 0.108. The molecular weight excluding hydrogens is 373 g/mol. The van der Waals surface area contributed by atoms with Gasteiger partial charge in [0.1, 0.15) is 0 Å². The first-order chi connectivity index (χ1) is 12.5. The van der Waals surface area contributed by atoms with Gasteiger partial charge in [0.05, 0.1) is 11.2 Å². The molecule has 2 N–H and O–H groups in total. The smallest absolute Gasteiger partial charge is 0.223 e. The maximum Gasteiger partial charge on any atom is 0.223 e. The first kappa shape index (κ1) is 19.2. The Morgan fingerprint density at radius 2 is 2.23 bits per heavy atom. The van der Waals surface area contributed by atoms with Crippen LogP contribution in [0.4, 0.5) is 0 Å². The summed E-state index contributed by atoms with van der Waals surface area (Å²) in [7, 11) is 0. The summed E-state index contributed by atoms with van der Waals surface area (Å²) < 4.78 is 5.76. The third-order valence-corrected chi connectivity index (χ3v) is 5.42. The zero-order valence-corrected chi connectivity index (χ0v) is 16.3. The summed E-state index contributed by atoms with van der Waals surface area (Å²) in [5.41, 5.74) is 6.58. The van der Waals surface area contributed by atoms with Crippen molar-refractivity contribution in [3.8, 4) is 11.3 Å². The first-order valence-electron chi connectivity index (χ1n) is 8.87. The standard InChI is InChI=1S/C19H23Cl2N3O2/c1-12-6-7-24(14(8-12)10-22)19(25)5-4-18-23-11-17(26-18)15-3-2-13(20)9-16(15)21/h2-3,9,11-12,14H,4-8,10,22H2,1H3. The lowest BCUT2D eigenvalue weighted by molar-refractivity contribution is -0.135. The van der Waals surface area contributed by atoms with Gasteiger partial charge in [-0.1, -0.05) is 30.1 Å². The SMILES string of the molecule is CC1CCN(C(=O)CCc2ncc(-c3ccc(Cl)cc3Cl)o2)C(CN)C1. The molecule has 2 atom stereocenters. The molecule has 2 unspecified atom stereocenters. The van der Waals surface area contributed by atoms with Crippen molar-refractivity contribution in [2.45, 2.75) is 38.6 Å². The molecule has 2 aromatic rings. The molecule has 1 amide bonds. The van der Waals surface area contributed by atoms with Gasteiger partial charge in [-0.3, -0.25) is 4.79 Å². The zero-order valence-electron chi connectivity index (χ0n) is 14.8. The number of nitrogens with two attached hydrogens (primary N) is 1. The maximum absolute atomic E-state index is 12.6. The Balaban J connectivity index is 1.62. The number of rotatable bonds is 5. The number of oxazole rings is 1. The van der Waals surface area contributed by atoms with Crippen LogP contribution in [0.3, 0.4) is 0 Å². The number of benzene rings is 1. The van der Waals surface area contributed by atoms with E-state index < -0.39 is 0 Å². The van der Waals surface area contributed by atoms with Gasteiger partial charge < -0.3 is 15.1 Å². The average molecular weight is 396 g/mol. The van der Waals surface area contributed by atoms with Gasteiger partial charge in [-0.25, -0.2) is 4.98 Å². The predicted octanol–water partition coefficient (Wildman–Crippen LogP) is 4.17. The molecule has 26 heavy (non-hydrogen) atoms. The highest BCUT2D eigenvalue weighted by atomic mass is 35.5. The van der Waals surface area contributed by atoms with Crippen LogP contribution < -0.4 is 5.73 Å². The molecule has 0 radical (unpaired) electrons. The largest absolute Gasteiger partial charge is 0.441 e. The van der Waals surface area contributed by atoms with Crippen LogP contribution >= 0.6 is 23.2 Å². The lowest BCUT2D eigenvalue weighted by Gasteiger charge is -2.38. The molecule has 3 rings (SSSR count). The van der Waals surface area contributed by atoms with E-state index >= 15 is 0 Å². The lowest BCUT2D eigenvalue weighted by Crippen LogP contribution is -2.49. The van der Waals surface area contributed by atoms with E-state index in [9.17, 15) is 4.79 Å². The Morgan fingerprint density at radius 3 is 2.96 bits per heavy atom. The third kappa shape index (κ3) is 4.40. The van der Waals surface area contributed by atoms with Gasteiger partial charge in [0.25, 0.3) is 0 Å². The number of hydrogen-bond acceptors (Lipinski definition) is 4. The number of piperidine rings is 1. The average Bonchev–Trinajstić information content (AvgIpc) is 3.08. The topological polar surface area (TPSA) is 72.4 Å². The summed E-state index contributed by atoms with van der Waals surface area (Å²) in [6.45, 7) is 3.49. The number of carbonyl (C=O) groups is 1. The summed E-state index contributed by atoms with van der Waals surface area (Å²) in [5, 5.41) is 1.07. The predicted molar refractivity (Wildman–Crippen MR) is 103 cm³/mol. The normalized spacial score (nSPS) is 20.4. The number of nitrogens with zero attached hydrogens (tertiary/aromatic N) is 2. The molecule has 0 spiro atoms. The molecule has 2 heterocycles. The summed E-state index contributed by atoms with van der Waals surface area (Å²) in [4.78, 5) is 18.8. The van der Waals surface area contributed by atoms with Crippen molar-refractivity contribution >= 4 is 29.1 Å². The van der Waals surface area contributed by atoms with Crippen LogP contribution in [0.25, 0.3) is 11.3 Å². The Bertz CT molecular complexity index is 778. The van der Waals surface area contributed by atoms with Gasteiger partial charge in [-0.2, -0.15) is 0 Å². The summed E-state index contributed by atoms with van der Waals surface area (Å²) in [6, 6.07) is 5.34. The molecule has 0 bridgehead atoms. The highest BCUT2D eigenvalue weighted by Gasteiger charge is 2.28. The maximum atomic E-state index is 12.6. The van der Waals surface area contributed by atoms with Gasteiger partial charge in [0.2, 0.25) is 5.91 Å². The number of amides is 1. The summed E-state index contributed by atoms with van der Waals surface area (Å²) in [5.74, 6) is 1.82. The van der Waals surface area contributed by atoms with Crippen molar-refractivity contribution in [1.29, 1.82) is 0 Å². The number of halogens is 2. The van der Waals surface area contributed by atoms with Crippen molar-refractivity contribution in [2.75, 3.05) is 13.1 Å². The Kier molecular flexibility index (Phi) is 6.22. The highest BCUT2D eigenvalue weighted by Crippen LogP contribution is 2.31. The molecule has 0 aliphatic carbocycles. The number of likely N-dealkylation sites (tertiary alicyclic amines) is 1. The van der Waals surface area contributed by atoms with Crippen molar-refractivity contribution in [1.82, 2.24) is 9.88 Å². The van der Waals surface area contributed by atoms with Crippen LogP contribution in [0.15, 0.2) is 28.8 Å². The van der Waals surface area contributed by atoms with E-state index in [1.807, 2.05) is 4.90 Å². The fourth-order valence-electron chi connectivity index (χ4n) is 3.40. The minimum Gasteiger partial charge on any atom is -0.441 e. The van der Waals surface area contributed by atoms with E-state index in [4.69, 9.17) is 33.4 Å². The quantitative estimate of drug-likeness (QED) is 0.824. The van der Waals surface area contributed by atoms with E-state index in [0.29, 0.717) is 47.0 Å². The molecular formula is C19H23Cl2N3O2. The van der Waals surface area contributed by atoms with Gasteiger partial charge in [0.15, 0.2) is 11.7 Å². The fraction of sp³-hybridized carbons (Fsp3) is 0.474. The minimum atomic E-state index is 0.108. The molecule has 0 saturated carbocycles. The van der Waals surface area contributed by atoms with Crippen LogP contribution in [0.1, 0.15) is 32.1 Å². The molecule has 140 valence electrons. The Labute approximate surface area is 163 Å². The van der Waals surface area contributed by atoms with Crippen LogP contribution in [0.5, 0.6) is 0 Å². The van der Waals surface area contributed by atoms with Crippen LogP contribution in [0.2, 0.25) is 10.0 Å². The van der Waals surface area contributed by atoms with E-state index in [1.165, 1.54) is 0 Å². The number of aromatic nitrogens is 1. The number of aryl methyl sites for hydroxylation is 1. The highest BCUT2D eigenvalue weighted by molar-refractivity contribution is 6.36. The van der Waals surface area contributed by atoms with Gasteiger partial charge in [-0.15, -0.1) is 0 Å². The Morgan fingerprint density at radius 1 is 1.42 bits per heavy atom.